The monoisotopic (exact) mass is 306 g/mol. The Morgan fingerprint density at radius 3 is 3.06 bits per heavy atom. The minimum absolute atomic E-state index is 0.0327. The van der Waals surface area contributed by atoms with Crippen LogP contribution in [0.2, 0.25) is 0 Å². The van der Waals surface area contributed by atoms with Gasteiger partial charge in [0, 0.05) is 15.7 Å². The number of rotatable bonds is 3. The molecule has 1 aromatic heterocycles. The molecule has 92 valence electrons. The third-order valence-corrected chi connectivity index (χ3v) is 3.40. The van der Waals surface area contributed by atoms with Gasteiger partial charge in [0.25, 0.3) is 0 Å². The number of furan rings is 1. The molecular formula is C13H11BrN2O2. The van der Waals surface area contributed by atoms with Crippen molar-refractivity contribution < 1.29 is 9.21 Å². The minimum Gasteiger partial charge on any atom is -0.468 e. The number of halogens is 1. The highest BCUT2D eigenvalue weighted by Gasteiger charge is 2.30. The molecule has 2 aromatic rings. The number of amides is 1. The van der Waals surface area contributed by atoms with Crippen molar-refractivity contribution in [2.45, 2.75) is 12.6 Å². The first-order chi connectivity index (χ1) is 8.74. The second-order valence-corrected chi connectivity index (χ2v) is 5.03. The predicted molar refractivity (Wildman–Crippen MR) is 71.1 cm³/mol. The number of benzene rings is 1. The lowest BCUT2D eigenvalue weighted by molar-refractivity contribution is -0.117. The molecule has 18 heavy (non-hydrogen) atoms. The van der Waals surface area contributed by atoms with E-state index >= 15 is 0 Å². The summed E-state index contributed by atoms with van der Waals surface area (Å²) < 4.78 is 6.19. The summed E-state index contributed by atoms with van der Waals surface area (Å²) in [5.74, 6) is 0.781. The fourth-order valence-corrected chi connectivity index (χ4v) is 2.41. The molecule has 1 unspecified atom stereocenters. The SMILES string of the molecule is O=C1Nc2cc(Br)ccc2C1NCc1ccco1. The van der Waals surface area contributed by atoms with E-state index in [0.29, 0.717) is 6.54 Å². The molecule has 0 saturated heterocycles. The number of fused-ring (bicyclic) bond motifs is 1. The van der Waals surface area contributed by atoms with E-state index in [1.165, 1.54) is 0 Å². The molecule has 1 aromatic carbocycles. The van der Waals surface area contributed by atoms with Gasteiger partial charge < -0.3 is 9.73 Å². The third kappa shape index (κ3) is 2.07. The maximum absolute atomic E-state index is 11.9. The van der Waals surface area contributed by atoms with Crippen molar-refractivity contribution in [1.29, 1.82) is 0 Å². The number of nitrogens with one attached hydrogen (secondary N) is 2. The van der Waals surface area contributed by atoms with Gasteiger partial charge in [-0.25, -0.2) is 0 Å². The third-order valence-electron chi connectivity index (χ3n) is 2.91. The molecule has 0 spiro atoms. The van der Waals surface area contributed by atoms with E-state index in [1.807, 2.05) is 30.3 Å². The molecule has 5 heteroatoms. The predicted octanol–water partition coefficient (Wildman–Crippen LogP) is 2.83. The van der Waals surface area contributed by atoms with E-state index < -0.39 is 0 Å². The van der Waals surface area contributed by atoms with Crippen LogP contribution < -0.4 is 10.6 Å². The number of anilines is 1. The highest BCUT2D eigenvalue weighted by Crippen LogP contribution is 2.33. The summed E-state index contributed by atoms with van der Waals surface area (Å²) in [5, 5.41) is 6.04. The minimum atomic E-state index is -0.321. The summed E-state index contributed by atoms with van der Waals surface area (Å²) in [6, 6.07) is 9.16. The zero-order valence-electron chi connectivity index (χ0n) is 9.44. The molecule has 4 nitrogen and oxygen atoms in total. The van der Waals surface area contributed by atoms with Crippen LogP contribution in [-0.4, -0.2) is 5.91 Å². The molecule has 0 radical (unpaired) electrons. The van der Waals surface area contributed by atoms with Gasteiger partial charge in [-0.2, -0.15) is 0 Å². The van der Waals surface area contributed by atoms with E-state index in [9.17, 15) is 4.79 Å². The first-order valence-corrected chi connectivity index (χ1v) is 6.39. The Balaban J connectivity index is 1.79. The van der Waals surface area contributed by atoms with Gasteiger partial charge in [0.2, 0.25) is 5.91 Å². The lowest BCUT2D eigenvalue weighted by Gasteiger charge is -2.09. The standard InChI is InChI=1S/C13H11BrN2O2/c14-8-3-4-10-11(6-8)16-13(17)12(10)15-7-9-2-1-5-18-9/h1-6,12,15H,7H2,(H,16,17). The van der Waals surface area contributed by atoms with Crippen molar-refractivity contribution >= 4 is 27.5 Å². The molecule has 0 aliphatic carbocycles. The van der Waals surface area contributed by atoms with Gasteiger partial charge in [0.1, 0.15) is 11.8 Å². The van der Waals surface area contributed by atoms with Crippen LogP contribution in [0, 0.1) is 0 Å². The molecule has 2 heterocycles. The van der Waals surface area contributed by atoms with E-state index in [2.05, 4.69) is 26.6 Å². The molecular weight excluding hydrogens is 296 g/mol. The number of carbonyl (C=O) groups is 1. The fraction of sp³-hybridized carbons (Fsp3) is 0.154. The van der Waals surface area contributed by atoms with Crippen molar-refractivity contribution in [2.24, 2.45) is 0 Å². The smallest absolute Gasteiger partial charge is 0.246 e. The van der Waals surface area contributed by atoms with Crippen molar-refractivity contribution in [1.82, 2.24) is 5.32 Å². The van der Waals surface area contributed by atoms with E-state index in [0.717, 1.165) is 21.5 Å². The van der Waals surface area contributed by atoms with Crippen LogP contribution >= 0.6 is 15.9 Å². The summed E-state index contributed by atoms with van der Waals surface area (Å²) in [6.45, 7) is 0.528. The van der Waals surface area contributed by atoms with Crippen molar-refractivity contribution in [2.75, 3.05) is 5.32 Å². The molecule has 1 atom stereocenters. The van der Waals surface area contributed by atoms with Gasteiger partial charge >= 0.3 is 0 Å². The summed E-state index contributed by atoms with van der Waals surface area (Å²) >= 11 is 3.39. The fourth-order valence-electron chi connectivity index (χ4n) is 2.05. The topological polar surface area (TPSA) is 54.3 Å². The maximum Gasteiger partial charge on any atom is 0.246 e. The Kier molecular flexibility index (Phi) is 2.93. The van der Waals surface area contributed by atoms with Crippen LogP contribution in [0.15, 0.2) is 45.5 Å². The maximum atomic E-state index is 11.9. The number of hydrogen-bond donors (Lipinski definition) is 2. The van der Waals surface area contributed by atoms with Gasteiger partial charge in [-0.1, -0.05) is 22.0 Å². The van der Waals surface area contributed by atoms with Gasteiger partial charge in [-0.15, -0.1) is 0 Å². The van der Waals surface area contributed by atoms with Gasteiger partial charge in [0.15, 0.2) is 0 Å². The largest absolute Gasteiger partial charge is 0.468 e. The van der Waals surface area contributed by atoms with Crippen molar-refractivity contribution in [3.05, 3.63) is 52.4 Å². The molecule has 2 N–H and O–H groups in total. The first-order valence-electron chi connectivity index (χ1n) is 5.60. The van der Waals surface area contributed by atoms with Crippen LogP contribution in [0.3, 0.4) is 0 Å². The number of hydrogen-bond acceptors (Lipinski definition) is 3. The zero-order valence-corrected chi connectivity index (χ0v) is 11.0. The highest BCUT2D eigenvalue weighted by atomic mass is 79.9. The van der Waals surface area contributed by atoms with Gasteiger partial charge in [0.05, 0.1) is 12.8 Å². The molecule has 1 aliphatic heterocycles. The quantitative estimate of drug-likeness (QED) is 0.917. The van der Waals surface area contributed by atoms with Crippen molar-refractivity contribution in [3.63, 3.8) is 0 Å². The Bertz CT molecular complexity index is 581. The van der Waals surface area contributed by atoms with Crippen LogP contribution in [0.25, 0.3) is 0 Å². The molecule has 0 fully saturated rings. The van der Waals surface area contributed by atoms with Gasteiger partial charge in [-0.05, 0) is 24.3 Å². The summed E-state index contributed by atoms with van der Waals surface area (Å²) in [7, 11) is 0. The lowest BCUT2D eigenvalue weighted by atomic mass is 10.1. The molecule has 3 rings (SSSR count). The van der Waals surface area contributed by atoms with Crippen LogP contribution in [0.4, 0.5) is 5.69 Å². The van der Waals surface area contributed by atoms with E-state index in [4.69, 9.17) is 4.42 Å². The van der Waals surface area contributed by atoms with E-state index in [1.54, 1.807) is 6.26 Å². The second-order valence-electron chi connectivity index (χ2n) is 4.11. The highest BCUT2D eigenvalue weighted by molar-refractivity contribution is 9.10. The van der Waals surface area contributed by atoms with Gasteiger partial charge in [-0.3, -0.25) is 10.1 Å². The average molecular weight is 307 g/mol. The number of carbonyl (C=O) groups excluding carboxylic acids is 1. The lowest BCUT2D eigenvalue weighted by Crippen LogP contribution is -2.26. The second kappa shape index (κ2) is 4.59. The van der Waals surface area contributed by atoms with Crippen LogP contribution in [0.5, 0.6) is 0 Å². The Morgan fingerprint density at radius 1 is 1.39 bits per heavy atom. The van der Waals surface area contributed by atoms with Crippen LogP contribution in [-0.2, 0) is 11.3 Å². The normalized spacial score (nSPS) is 17.6. The zero-order chi connectivity index (χ0) is 12.5. The summed E-state index contributed by atoms with van der Waals surface area (Å²) in [5.41, 5.74) is 1.82. The average Bonchev–Trinajstić information content (AvgIpc) is 2.93. The molecule has 1 amide bonds. The molecule has 0 saturated carbocycles. The Hall–Kier alpha value is -1.59. The molecule has 1 aliphatic rings. The first kappa shape index (κ1) is 11.5. The van der Waals surface area contributed by atoms with Crippen LogP contribution in [0.1, 0.15) is 17.4 Å². The Labute approximate surface area is 113 Å². The Morgan fingerprint density at radius 2 is 2.28 bits per heavy atom. The summed E-state index contributed by atoms with van der Waals surface area (Å²) in [6.07, 6.45) is 1.62. The van der Waals surface area contributed by atoms with E-state index in [-0.39, 0.29) is 11.9 Å². The van der Waals surface area contributed by atoms with Crippen molar-refractivity contribution in [3.8, 4) is 0 Å². The summed E-state index contributed by atoms with van der Waals surface area (Å²) in [4.78, 5) is 11.9. The molecule has 0 bridgehead atoms.